The van der Waals surface area contributed by atoms with E-state index in [0.29, 0.717) is 22.7 Å². The van der Waals surface area contributed by atoms with Crippen LogP contribution in [0.4, 0.5) is 10.1 Å². The number of nitrogens with one attached hydrogen (secondary N) is 2. The molecule has 30 heavy (non-hydrogen) atoms. The molecule has 2 aromatic carbocycles. The van der Waals surface area contributed by atoms with Gasteiger partial charge in [-0.2, -0.15) is 10.2 Å². The summed E-state index contributed by atoms with van der Waals surface area (Å²) in [7, 11) is 1.52. The molecule has 0 bridgehead atoms. The van der Waals surface area contributed by atoms with Gasteiger partial charge in [-0.1, -0.05) is 6.07 Å². The van der Waals surface area contributed by atoms with E-state index in [2.05, 4.69) is 20.6 Å². The molecule has 0 fully saturated rings. The highest BCUT2D eigenvalue weighted by atomic mass is 19.1. The number of hydrogen-bond acceptors (Lipinski definition) is 5. The van der Waals surface area contributed by atoms with Crippen LogP contribution in [-0.4, -0.2) is 32.8 Å². The number of aromatic nitrogens is 4. The number of halogens is 1. The van der Waals surface area contributed by atoms with Gasteiger partial charge in [0.2, 0.25) is 5.91 Å². The summed E-state index contributed by atoms with van der Waals surface area (Å²) in [6.45, 7) is 1.91. The summed E-state index contributed by atoms with van der Waals surface area (Å²) >= 11 is 0. The molecule has 4 aromatic rings. The van der Waals surface area contributed by atoms with Gasteiger partial charge in [0, 0.05) is 5.56 Å². The average molecular weight is 407 g/mol. The van der Waals surface area contributed by atoms with Crippen LogP contribution in [0.15, 0.2) is 53.3 Å². The minimum Gasteiger partial charge on any atom is -0.495 e. The van der Waals surface area contributed by atoms with Crippen LogP contribution in [0, 0.1) is 12.7 Å². The molecular weight excluding hydrogens is 389 g/mol. The first-order valence-corrected chi connectivity index (χ1v) is 9.12. The molecular formula is C21H18FN5O3. The molecule has 2 N–H and O–H groups in total. The lowest BCUT2D eigenvalue weighted by Crippen LogP contribution is -2.22. The van der Waals surface area contributed by atoms with Gasteiger partial charge in [0.25, 0.3) is 5.56 Å². The first-order chi connectivity index (χ1) is 14.4. The second-order valence-corrected chi connectivity index (χ2v) is 6.73. The first kappa shape index (κ1) is 19.3. The number of carbonyl (C=O) groups excluding carboxylic acids is 1. The Hall–Kier alpha value is -4.01. The number of aryl methyl sites for hydroxylation is 1. The number of hydrogen-bond donors (Lipinski definition) is 2. The number of H-pyrrole nitrogens is 1. The van der Waals surface area contributed by atoms with Gasteiger partial charge in [-0.25, -0.2) is 14.0 Å². The monoisotopic (exact) mass is 407 g/mol. The number of methoxy groups -OCH3 is 1. The van der Waals surface area contributed by atoms with Gasteiger partial charge in [-0.05, 0) is 55.0 Å². The topological polar surface area (TPSA) is 101 Å². The highest BCUT2D eigenvalue weighted by molar-refractivity contribution is 5.93. The highest BCUT2D eigenvalue weighted by Gasteiger charge is 2.16. The van der Waals surface area contributed by atoms with Gasteiger partial charge < -0.3 is 10.1 Å². The number of benzene rings is 2. The van der Waals surface area contributed by atoms with Gasteiger partial charge in [0.05, 0.1) is 24.9 Å². The fourth-order valence-corrected chi connectivity index (χ4v) is 3.09. The van der Waals surface area contributed by atoms with Crippen LogP contribution in [0.1, 0.15) is 11.4 Å². The Bertz CT molecular complexity index is 1290. The molecule has 0 aliphatic heterocycles. The van der Waals surface area contributed by atoms with Gasteiger partial charge in [-0.15, -0.1) is 0 Å². The van der Waals surface area contributed by atoms with Crippen LogP contribution in [0.5, 0.6) is 5.75 Å². The van der Waals surface area contributed by atoms with E-state index < -0.39 is 5.56 Å². The molecule has 2 heterocycles. The molecule has 0 unspecified atom stereocenters. The lowest BCUT2D eigenvalue weighted by molar-refractivity contribution is -0.115. The van der Waals surface area contributed by atoms with Gasteiger partial charge in [-0.3, -0.25) is 9.59 Å². The maximum Gasteiger partial charge on any atom is 0.290 e. The van der Waals surface area contributed by atoms with Gasteiger partial charge in [0.15, 0.2) is 5.82 Å². The number of nitrogens with zero attached hydrogens (tertiary/aromatic N) is 3. The Balaban J connectivity index is 1.65. The standard InChI is InChI=1S/C21H18FN5O3/c1-12-3-8-18(30-2)16(9-12)23-20(28)11-19-24-25-21(29)17-10-15(26-27(17)19)13-4-6-14(22)7-5-13/h3-10H,11H2,1-2H3,(H,23,28)(H,25,29). The van der Waals surface area contributed by atoms with E-state index >= 15 is 0 Å². The van der Waals surface area contributed by atoms with Crippen molar-refractivity contribution in [1.82, 2.24) is 19.8 Å². The van der Waals surface area contributed by atoms with Crippen LogP contribution < -0.4 is 15.6 Å². The molecule has 152 valence electrons. The molecule has 0 radical (unpaired) electrons. The van der Waals surface area contributed by atoms with E-state index in [-0.39, 0.29) is 29.5 Å². The zero-order valence-corrected chi connectivity index (χ0v) is 16.3. The SMILES string of the molecule is COc1ccc(C)cc1NC(=O)Cc1n[nH]c(=O)c2cc(-c3ccc(F)cc3)nn12. The molecule has 0 spiro atoms. The lowest BCUT2D eigenvalue weighted by atomic mass is 10.1. The number of aromatic amines is 1. The predicted molar refractivity (Wildman–Crippen MR) is 109 cm³/mol. The third-order valence-corrected chi connectivity index (χ3v) is 4.56. The van der Waals surface area contributed by atoms with Gasteiger partial charge in [0.1, 0.15) is 17.1 Å². The molecule has 0 saturated carbocycles. The van der Waals surface area contributed by atoms with Crippen LogP contribution in [-0.2, 0) is 11.2 Å². The zero-order valence-electron chi connectivity index (χ0n) is 16.3. The van der Waals surface area contributed by atoms with Crippen molar-refractivity contribution >= 4 is 17.1 Å². The first-order valence-electron chi connectivity index (χ1n) is 9.12. The fraction of sp³-hybridized carbons (Fsp3) is 0.143. The summed E-state index contributed by atoms with van der Waals surface area (Å²) in [5.74, 6) is 0.0674. The number of ether oxygens (including phenoxy) is 1. The average Bonchev–Trinajstić information content (AvgIpc) is 3.17. The Kier molecular flexibility index (Phi) is 5.01. The predicted octanol–water partition coefficient (Wildman–Crippen LogP) is 2.72. The van der Waals surface area contributed by atoms with E-state index in [9.17, 15) is 14.0 Å². The second kappa shape index (κ2) is 7.78. The number of fused-ring (bicyclic) bond motifs is 1. The molecule has 0 saturated heterocycles. The van der Waals surface area contributed by atoms with Crippen molar-refractivity contribution in [2.45, 2.75) is 13.3 Å². The number of rotatable bonds is 5. The summed E-state index contributed by atoms with van der Waals surface area (Å²) in [5.41, 5.74) is 2.40. The number of amides is 1. The van der Waals surface area contributed by atoms with E-state index in [0.717, 1.165) is 5.56 Å². The molecule has 0 aliphatic carbocycles. The van der Waals surface area contributed by atoms with E-state index in [1.54, 1.807) is 30.3 Å². The quantitative estimate of drug-likeness (QED) is 0.530. The Labute approximate surface area is 170 Å². The second-order valence-electron chi connectivity index (χ2n) is 6.73. The lowest BCUT2D eigenvalue weighted by Gasteiger charge is -2.11. The summed E-state index contributed by atoms with van der Waals surface area (Å²) in [5, 5.41) is 13.6. The Morgan fingerprint density at radius 2 is 1.97 bits per heavy atom. The normalized spacial score (nSPS) is 10.9. The minimum absolute atomic E-state index is 0.130. The van der Waals surface area contributed by atoms with Crippen molar-refractivity contribution in [1.29, 1.82) is 0 Å². The molecule has 9 heteroatoms. The van der Waals surface area contributed by atoms with Crippen molar-refractivity contribution in [3.63, 3.8) is 0 Å². The molecule has 0 atom stereocenters. The maximum absolute atomic E-state index is 13.2. The van der Waals surface area contributed by atoms with E-state index in [4.69, 9.17) is 4.74 Å². The van der Waals surface area contributed by atoms with E-state index in [1.165, 1.54) is 23.8 Å². The summed E-state index contributed by atoms with van der Waals surface area (Å²) in [6.07, 6.45) is -0.130. The van der Waals surface area contributed by atoms with Crippen LogP contribution in [0.2, 0.25) is 0 Å². The third-order valence-electron chi connectivity index (χ3n) is 4.56. The zero-order chi connectivity index (χ0) is 21.3. The summed E-state index contributed by atoms with van der Waals surface area (Å²) in [6, 6.07) is 12.8. The van der Waals surface area contributed by atoms with Crippen LogP contribution >= 0.6 is 0 Å². The number of anilines is 1. The van der Waals surface area contributed by atoms with Crippen molar-refractivity contribution in [2.75, 3.05) is 12.4 Å². The highest BCUT2D eigenvalue weighted by Crippen LogP contribution is 2.25. The molecule has 8 nitrogen and oxygen atoms in total. The van der Waals surface area contributed by atoms with E-state index in [1.807, 2.05) is 13.0 Å². The van der Waals surface area contributed by atoms with Crippen molar-refractivity contribution < 1.29 is 13.9 Å². The largest absolute Gasteiger partial charge is 0.495 e. The maximum atomic E-state index is 13.2. The Morgan fingerprint density at radius 1 is 1.20 bits per heavy atom. The van der Waals surface area contributed by atoms with Crippen molar-refractivity contribution in [3.8, 4) is 17.0 Å². The van der Waals surface area contributed by atoms with Crippen molar-refractivity contribution in [2.24, 2.45) is 0 Å². The van der Waals surface area contributed by atoms with Gasteiger partial charge >= 0.3 is 0 Å². The Morgan fingerprint density at radius 3 is 2.70 bits per heavy atom. The molecule has 0 aliphatic rings. The smallest absolute Gasteiger partial charge is 0.290 e. The van der Waals surface area contributed by atoms with Crippen LogP contribution in [0.3, 0.4) is 0 Å². The summed E-state index contributed by atoms with van der Waals surface area (Å²) in [4.78, 5) is 24.8. The van der Waals surface area contributed by atoms with Crippen LogP contribution in [0.25, 0.3) is 16.8 Å². The number of carbonyl (C=O) groups is 1. The summed E-state index contributed by atoms with van der Waals surface area (Å²) < 4.78 is 19.8. The molecule has 1 amide bonds. The molecule has 2 aromatic heterocycles. The fourth-order valence-electron chi connectivity index (χ4n) is 3.09. The van der Waals surface area contributed by atoms with Crippen molar-refractivity contribution in [3.05, 3.63) is 76.1 Å². The molecule has 4 rings (SSSR count). The minimum atomic E-state index is -0.444. The third kappa shape index (κ3) is 3.77.